The molecule has 0 heterocycles. The molecule has 0 aromatic rings. The third kappa shape index (κ3) is 4.73. The Labute approximate surface area is 102 Å². The first kappa shape index (κ1) is 14.0. The van der Waals surface area contributed by atoms with Crippen LogP contribution in [0.4, 0.5) is 0 Å². The van der Waals surface area contributed by atoms with Gasteiger partial charge in [-0.3, -0.25) is 9.59 Å². The van der Waals surface area contributed by atoms with Crippen molar-refractivity contribution in [2.24, 2.45) is 11.7 Å². The van der Waals surface area contributed by atoms with Gasteiger partial charge in [0.25, 0.3) is 0 Å². The lowest BCUT2D eigenvalue weighted by Gasteiger charge is -2.22. The highest BCUT2D eigenvalue weighted by atomic mass is 16.4. The third-order valence-electron chi connectivity index (χ3n) is 3.48. The van der Waals surface area contributed by atoms with Crippen molar-refractivity contribution in [1.82, 2.24) is 5.32 Å². The van der Waals surface area contributed by atoms with E-state index in [-0.39, 0.29) is 24.8 Å². The van der Waals surface area contributed by atoms with Crippen molar-refractivity contribution in [3.05, 3.63) is 0 Å². The fourth-order valence-corrected chi connectivity index (χ4v) is 2.32. The summed E-state index contributed by atoms with van der Waals surface area (Å²) in [5.74, 6) is -0.603. The van der Waals surface area contributed by atoms with Crippen LogP contribution in [0.2, 0.25) is 0 Å². The van der Waals surface area contributed by atoms with Gasteiger partial charge in [-0.05, 0) is 32.1 Å². The van der Waals surface area contributed by atoms with Crippen molar-refractivity contribution in [3.63, 3.8) is 0 Å². The van der Waals surface area contributed by atoms with Gasteiger partial charge in [0.15, 0.2) is 0 Å². The Morgan fingerprint density at radius 3 is 2.53 bits per heavy atom. The number of nitrogens with two attached hydrogens (primary N) is 1. The quantitative estimate of drug-likeness (QED) is 0.644. The largest absolute Gasteiger partial charge is 0.481 e. The molecule has 0 aromatic carbocycles. The normalized spacial score (nSPS) is 19.9. The molecule has 5 nitrogen and oxygen atoms in total. The highest BCUT2D eigenvalue weighted by molar-refractivity contribution is 5.82. The van der Waals surface area contributed by atoms with E-state index in [0.717, 1.165) is 12.8 Å². The van der Waals surface area contributed by atoms with E-state index in [2.05, 4.69) is 5.32 Å². The number of hydrogen-bond acceptors (Lipinski definition) is 3. The topological polar surface area (TPSA) is 92.4 Å². The van der Waals surface area contributed by atoms with Crippen LogP contribution in [0.1, 0.15) is 45.4 Å². The summed E-state index contributed by atoms with van der Waals surface area (Å²) in [4.78, 5) is 22.1. The molecule has 0 spiro atoms. The van der Waals surface area contributed by atoms with Crippen molar-refractivity contribution in [2.45, 2.75) is 57.5 Å². The fourth-order valence-electron chi connectivity index (χ4n) is 2.32. The minimum Gasteiger partial charge on any atom is -0.481 e. The van der Waals surface area contributed by atoms with E-state index < -0.39 is 12.0 Å². The van der Waals surface area contributed by atoms with Gasteiger partial charge in [0.1, 0.15) is 0 Å². The molecule has 1 rings (SSSR count). The van der Waals surface area contributed by atoms with E-state index in [9.17, 15) is 9.59 Å². The molecule has 1 saturated carbocycles. The lowest BCUT2D eigenvalue weighted by Crippen LogP contribution is -2.46. The first-order valence-corrected chi connectivity index (χ1v) is 6.28. The standard InChI is InChI=1S/C12H22N2O3/c1-8(9-4-2-3-5-9)14-12(17)10(13)6-7-11(15)16/h8-10H,2-7,13H2,1H3,(H,14,17)(H,15,16)/t8-,10?/m0/s1. The minimum absolute atomic E-state index is 0.0631. The van der Waals surface area contributed by atoms with Gasteiger partial charge in [-0.1, -0.05) is 12.8 Å². The maximum Gasteiger partial charge on any atom is 0.303 e. The molecular weight excluding hydrogens is 220 g/mol. The second-order valence-electron chi connectivity index (χ2n) is 4.88. The Morgan fingerprint density at radius 1 is 1.41 bits per heavy atom. The second-order valence-corrected chi connectivity index (χ2v) is 4.88. The van der Waals surface area contributed by atoms with Gasteiger partial charge >= 0.3 is 5.97 Å². The van der Waals surface area contributed by atoms with Crippen LogP contribution in [-0.4, -0.2) is 29.1 Å². The molecule has 1 fully saturated rings. The van der Waals surface area contributed by atoms with Crippen molar-refractivity contribution >= 4 is 11.9 Å². The number of rotatable bonds is 6. The minimum atomic E-state index is -0.919. The van der Waals surface area contributed by atoms with Crippen LogP contribution in [0.15, 0.2) is 0 Å². The number of nitrogens with one attached hydrogen (secondary N) is 1. The molecule has 17 heavy (non-hydrogen) atoms. The maximum atomic E-state index is 11.7. The molecule has 98 valence electrons. The molecule has 1 unspecified atom stereocenters. The molecule has 0 aliphatic heterocycles. The van der Waals surface area contributed by atoms with Gasteiger partial charge in [-0.2, -0.15) is 0 Å². The van der Waals surface area contributed by atoms with Crippen molar-refractivity contribution in [1.29, 1.82) is 0 Å². The molecule has 4 N–H and O–H groups in total. The van der Waals surface area contributed by atoms with Crippen LogP contribution in [0.3, 0.4) is 0 Å². The molecule has 1 aliphatic rings. The molecule has 0 aromatic heterocycles. The zero-order chi connectivity index (χ0) is 12.8. The van der Waals surface area contributed by atoms with E-state index in [1.807, 2.05) is 6.92 Å². The summed E-state index contributed by atoms with van der Waals surface area (Å²) in [5, 5.41) is 11.4. The highest BCUT2D eigenvalue weighted by Gasteiger charge is 2.24. The molecule has 1 amide bonds. The molecule has 2 atom stereocenters. The number of hydrogen-bond donors (Lipinski definition) is 3. The Morgan fingerprint density at radius 2 is 2.00 bits per heavy atom. The van der Waals surface area contributed by atoms with Crippen molar-refractivity contribution in [2.75, 3.05) is 0 Å². The predicted octanol–water partition coefficient (Wildman–Crippen LogP) is 0.873. The Kier molecular flexibility index (Phi) is 5.41. The summed E-state index contributed by atoms with van der Waals surface area (Å²) in [6, 6.07) is -0.573. The van der Waals surface area contributed by atoms with Crippen molar-refractivity contribution < 1.29 is 14.7 Å². The van der Waals surface area contributed by atoms with Crippen molar-refractivity contribution in [3.8, 4) is 0 Å². The average Bonchev–Trinajstić information content (AvgIpc) is 2.78. The van der Waals surface area contributed by atoms with Crippen LogP contribution in [0, 0.1) is 5.92 Å². The fraction of sp³-hybridized carbons (Fsp3) is 0.833. The van der Waals surface area contributed by atoms with Gasteiger partial charge in [0.2, 0.25) is 5.91 Å². The SMILES string of the molecule is C[C@H](NC(=O)C(N)CCC(=O)O)C1CCCC1. The molecule has 0 radical (unpaired) electrons. The first-order valence-electron chi connectivity index (χ1n) is 6.28. The third-order valence-corrected chi connectivity index (χ3v) is 3.48. The van der Waals surface area contributed by atoms with E-state index in [1.165, 1.54) is 12.8 Å². The van der Waals surface area contributed by atoms with Gasteiger partial charge in [0, 0.05) is 12.5 Å². The molecule has 5 heteroatoms. The number of carboxylic acid groups (broad SMARTS) is 1. The number of carbonyl (C=O) groups excluding carboxylic acids is 1. The summed E-state index contributed by atoms with van der Waals surface area (Å²) in [5.41, 5.74) is 5.64. The van der Waals surface area contributed by atoms with Crippen LogP contribution >= 0.6 is 0 Å². The number of aliphatic carboxylic acids is 1. The van der Waals surface area contributed by atoms with Crippen LogP contribution < -0.4 is 11.1 Å². The maximum absolute atomic E-state index is 11.7. The Hall–Kier alpha value is -1.10. The average molecular weight is 242 g/mol. The summed E-state index contributed by atoms with van der Waals surface area (Å²) in [6.07, 6.45) is 4.91. The van der Waals surface area contributed by atoms with Gasteiger partial charge in [-0.15, -0.1) is 0 Å². The summed E-state index contributed by atoms with van der Waals surface area (Å²) in [6.45, 7) is 2.00. The lowest BCUT2D eigenvalue weighted by atomic mass is 9.99. The highest BCUT2D eigenvalue weighted by Crippen LogP contribution is 2.27. The van der Waals surface area contributed by atoms with E-state index in [4.69, 9.17) is 10.8 Å². The van der Waals surface area contributed by atoms with Crippen LogP contribution in [0.25, 0.3) is 0 Å². The van der Waals surface area contributed by atoms with E-state index in [0.29, 0.717) is 5.92 Å². The van der Waals surface area contributed by atoms with E-state index >= 15 is 0 Å². The van der Waals surface area contributed by atoms with E-state index in [1.54, 1.807) is 0 Å². The van der Waals surface area contributed by atoms with Crippen LogP contribution in [0.5, 0.6) is 0 Å². The summed E-state index contributed by atoms with van der Waals surface area (Å²) < 4.78 is 0. The Bertz CT molecular complexity index is 275. The Balaban J connectivity index is 2.29. The van der Waals surface area contributed by atoms with Crippen LogP contribution in [-0.2, 0) is 9.59 Å². The first-order chi connectivity index (χ1) is 8.00. The summed E-state index contributed by atoms with van der Waals surface area (Å²) >= 11 is 0. The lowest BCUT2D eigenvalue weighted by molar-refractivity contribution is -0.137. The molecule has 0 bridgehead atoms. The van der Waals surface area contributed by atoms with Gasteiger partial charge in [0.05, 0.1) is 6.04 Å². The smallest absolute Gasteiger partial charge is 0.303 e. The zero-order valence-electron chi connectivity index (χ0n) is 10.3. The molecule has 1 aliphatic carbocycles. The molecular formula is C12H22N2O3. The van der Waals surface area contributed by atoms with Gasteiger partial charge < -0.3 is 16.2 Å². The van der Waals surface area contributed by atoms with Gasteiger partial charge in [-0.25, -0.2) is 0 Å². The predicted molar refractivity (Wildman–Crippen MR) is 64.4 cm³/mol. The number of amides is 1. The molecule has 0 saturated heterocycles. The zero-order valence-corrected chi connectivity index (χ0v) is 10.3. The number of carbonyl (C=O) groups is 2. The monoisotopic (exact) mass is 242 g/mol. The number of carboxylic acids is 1. The second kappa shape index (κ2) is 6.59. The summed E-state index contributed by atoms with van der Waals surface area (Å²) in [7, 11) is 0.